The summed E-state index contributed by atoms with van der Waals surface area (Å²) in [6.07, 6.45) is -3.84. The Morgan fingerprint density at radius 3 is 2.56 bits per heavy atom. The van der Waals surface area contributed by atoms with E-state index in [0.717, 1.165) is 12.8 Å². The van der Waals surface area contributed by atoms with Gasteiger partial charge in [-0.05, 0) is 0 Å². The van der Waals surface area contributed by atoms with Gasteiger partial charge in [-0.25, -0.2) is 0 Å². The van der Waals surface area contributed by atoms with Gasteiger partial charge in [-0.1, -0.05) is 0 Å². The van der Waals surface area contributed by atoms with Gasteiger partial charge in [0, 0.05) is 0 Å². The Labute approximate surface area is 188 Å². The summed E-state index contributed by atoms with van der Waals surface area (Å²) in [5.74, 6) is 0. The number of aliphatic hydroxyl groups is 1. The maximum absolute atomic E-state index is 11.2. The first-order valence-electron chi connectivity index (χ1n) is 10.6. The van der Waals surface area contributed by atoms with Gasteiger partial charge in [0.1, 0.15) is 0 Å². The third-order valence-corrected chi connectivity index (χ3v) is 7.98. The summed E-state index contributed by atoms with van der Waals surface area (Å²) in [4.78, 5) is 39.8. The zero-order valence-electron chi connectivity index (χ0n) is 18.3. The molecule has 0 saturated carbocycles. The molecule has 0 aliphatic carbocycles. The van der Waals surface area contributed by atoms with E-state index in [1.54, 1.807) is 7.85 Å². The molecule has 0 aromatic carbocycles. The molecular weight excluding hydrogens is 472 g/mol. The number of phosphoric ester groups is 1. The molecule has 0 amide bonds. The summed E-state index contributed by atoms with van der Waals surface area (Å²) in [5, 5.41) is 10.1. The zero-order chi connectivity index (χ0) is 23.8. The Kier molecular flexibility index (Phi) is 8.51. The van der Waals surface area contributed by atoms with Crippen molar-refractivity contribution in [1.29, 1.82) is 0 Å². The van der Waals surface area contributed by atoms with E-state index in [-0.39, 0.29) is 6.10 Å². The molecule has 3 saturated heterocycles. The molecule has 0 bridgehead atoms. The van der Waals surface area contributed by atoms with E-state index in [2.05, 4.69) is 4.52 Å². The Morgan fingerprint density at radius 2 is 1.91 bits per heavy atom. The van der Waals surface area contributed by atoms with E-state index in [1.165, 1.54) is 7.85 Å². The van der Waals surface area contributed by atoms with Crippen molar-refractivity contribution in [3.05, 3.63) is 0 Å². The first-order valence-corrected chi connectivity index (χ1v) is 14.1. The van der Waals surface area contributed by atoms with Crippen molar-refractivity contribution < 1.29 is 61.6 Å². The van der Waals surface area contributed by atoms with Crippen molar-refractivity contribution in [3.8, 4) is 0 Å². The number of hydrogen-bond acceptors (Lipinski definition) is 11. The van der Waals surface area contributed by atoms with Gasteiger partial charge in [0.05, 0.1) is 0 Å². The molecule has 3 aliphatic rings. The van der Waals surface area contributed by atoms with Gasteiger partial charge in [-0.15, -0.1) is 0 Å². The molecule has 3 heterocycles. The third-order valence-electron chi connectivity index (χ3n) is 5.63. The summed E-state index contributed by atoms with van der Waals surface area (Å²) in [6.45, 7) is 2.27. The molecule has 17 heteroatoms. The molecule has 32 heavy (non-hydrogen) atoms. The van der Waals surface area contributed by atoms with E-state index in [1.807, 2.05) is 6.92 Å². The van der Waals surface area contributed by atoms with Crippen LogP contribution in [0.3, 0.4) is 0 Å². The van der Waals surface area contributed by atoms with Crippen molar-refractivity contribution in [2.45, 2.75) is 74.8 Å². The molecule has 0 radical (unpaired) electrons. The van der Waals surface area contributed by atoms with Gasteiger partial charge in [0.25, 0.3) is 0 Å². The van der Waals surface area contributed by atoms with E-state index in [9.17, 15) is 19.5 Å². The Bertz CT molecular complexity index is 696. The van der Waals surface area contributed by atoms with Crippen LogP contribution in [0.1, 0.15) is 26.2 Å². The molecule has 3 rings (SSSR count). The van der Waals surface area contributed by atoms with Crippen LogP contribution in [0.5, 0.6) is 0 Å². The van der Waals surface area contributed by atoms with E-state index < -0.39 is 64.7 Å². The summed E-state index contributed by atoms with van der Waals surface area (Å²) in [5.41, 5.74) is 0. The van der Waals surface area contributed by atoms with Gasteiger partial charge >= 0.3 is 187 Å². The molecular formula is C15H32B2O13P2. The quantitative estimate of drug-likeness (QED) is 0.128. The molecule has 3 aliphatic heterocycles. The van der Waals surface area contributed by atoms with E-state index in [0.29, 0.717) is 19.6 Å². The van der Waals surface area contributed by atoms with Crippen molar-refractivity contribution >= 4 is 31.3 Å². The van der Waals surface area contributed by atoms with Gasteiger partial charge in [0.15, 0.2) is 0 Å². The molecule has 0 spiro atoms. The van der Waals surface area contributed by atoms with Crippen molar-refractivity contribution in [1.82, 2.24) is 0 Å². The molecule has 5 unspecified atom stereocenters. The number of unbranched alkanes of at least 4 members (excludes halogenated alkanes) is 1. The van der Waals surface area contributed by atoms with Crippen LogP contribution < -0.4 is 0 Å². The van der Waals surface area contributed by atoms with Crippen LogP contribution >= 0.6 is 15.6 Å². The maximum atomic E-state index is 11.2. The number of aliphatic hydroxyl groups excluding tert-OH is 1. The number of ether oxygens (including phenoxy) is 3. The minimum atomic E-state index is -5.58. The topological polar surface area (TPSA) is 183 Å². The summed E-state index contributed by atoms with van der Waals surface area (Å²) < 4.78 is 49.0. The predicted molar refractivity (Wildman–Crippen MR) is 115 cm³/mol. The summed E-state index contributed by atoms with van der Waals surface area (Å²) in [7, 11) is -7.36. The Balaban J connectivity index is 1.65. The molecule has 8 atom stereocenters. The van der Waals surface area contributed by atoms with Crippen LogP contribution in [-0.4, -0.2) is 109 Å². The average Bonchev–Trinajstić information content (AvgIpc) is 3.06. The zero-order valence-corrected chi connectivity index (χ0v) is 20.0. The molecule has 3 fully saturated rings. The molecule has 0 aromatic heterocycles. The van der Waals surface area contributed by atoms with Gasteiger partial charge < -0.3 is 0 Å². The van der Waals surface area contributed by atoms with E-state index >= 15 is 0 Å². The first-order chi connectivity index (χ1) is 14.8. The van der Waals surface area contributed by atoms with Crippen molar-refractivity contribution in [2.75, 3.05) is 19.8 Å². The standard InChI is InChI=1S/C15H32B2O13P2/c1-2-3-4-24-8-5-9-13(15(17)25-6-8)30-32(22,23,29-9)26-7-10-12(28-31(19,20)21)11(18)14(16)27-10/h8-15,18,22-23H,2-7,16-17H2,1H3,(H2,19,20,21)/t8?,9?,10-,11?,12?,13?,14-,15-/m1/s1. The van der Waals surface area contributed by atoms with E-state index in [4.69, 9.17) is 37.6 Å². The third kappa shape index (κ3) is 6.71. The second-order valence-corrected chi connectivity index (χ2v) is 11.8. The monoisotopic (exact) mass is 504 g/mol. The van der Waals surface area contributed by atoms with Crippen LogP contribution in [0.25, 0.3) is 0 Å². The Hall–Kier alpha value is 0.310. The van der Waals surface area contributed by atoms with Crippen LogP contribution in [0.15, 0.2) is 0 Å². The fourth-order valence-electron chi connectivity index (χ4n) is 3.95. The normalized spacial score (nSPS) is 42.6. The molecule has 186 valence electrons. The van der Waals surface area contributed by atoms with Gasteiger partial charge in [-0.2, -0.15) is 0 Å². The summed E-state index contributed by atoms with van der Waals surface area (Å²) in [6, 6.07) is -1.38. The number of fused-ring (bicyclic) bond motifs is 1. The van der Waals surface area contributed by atoms with Crippen molar-refractivity contribution in [3.63, 3.8) is 0 Å². The van der Waals surface area contributed by atoms with Gasteiger partial charge in [-0.3, -0.25) is 0 Å². The SMILES string of the molecule is B[C@@H]1O[C@H](COP2(O)(O)OC3CC(OCCCC)CO[C@@H](B)C3O2)C(OP(=O)(O)O)C1O. The Morgan fingerprint density at radius 1 is 1.19 bits per heavy atom. The second-order valence-electron chi connectivity index (χ2n) is 8.36. The molecule has 0 aromatic rings. The number of rotatable bonds is 9. The van der Waals surface area contributed by atoms with Crippen LogP contribution in [0.4, 0.5) is 0 Å². The second kappa shape index (κ2) is 10.1. The molecule has 13 nitrogen and oxygen atoms in total. The van der Waals surface area contributed by atoms with Crippen LogP contribution in [0.2, 0.25) is 0 Å². The fourth-order valence-corrected chi connectivity index (χ4v) is 6.50. The van der Waals surface area contributed by atoms with Crippen molar-refractivity contribution in [2.24, 2.45) is 0 Å². The summed E-state index contributed by atoms with van der Waals surface area (Å²) >= 11 is 0. The van der Waals surface area contributed by atoms with Crippen LogP contribution in [-0.2, 0) is 36.9 Å². The average molecular weight is 504 g/mol. The minimum absolute atomic E-state index is 0.292. The molecule has 5 N–H and O–H groups in total. The fraction of sp³-hybridized carbons (Fsp3) is 1.00. The number of hydrogen-bond donors (Lipinski definition) is 5. The number of phosphoric acid groups is 1. The first kappa shape index (κ1) is 26.9. The predicted octanol–water partition coefficient (Wildman–Crippen LogP) is -2.34. The van der Waals surface area contributed by atoms with Gasteiger partial charge in [0.2, 0.25) is 0 Å². The van der Waals surface area contributed by atoms with Crippen LogP contribution in [0, 0.1) is 0 Å².